The predicted octanol–water partition coefficient (Wildman–Crippen LogP) is 2.00. The van der Waals surface area contributed by atoms with Gasteiger partial charge in [0.25, 0.3) is 5.91 Å². The third kappa shape index (κ3) is 3.38. The van der Waals surface area contributed by atoms with Gasteiger partial charge in [-0.05, 0) is 36.8 Å². The highest BCUT2D eigenvalue weighted by molar-refractivity contribution is 7.99. The number of nitrogens with zero attached hydrogens (tertiary/aromatic N) is 1. The summed E-state index contributed by atoms with van der Waals surface area (Å²) in [6.45, 7) is 3.58. The van der Waals surface area contributed by atoms with Gasteiger partial charge in [0.15, 0.2) is 0 Å². The lowest BCUT2D eigenvalue weighted by molar-refractivity contribution is 0.0949. The summed E-state index contributed by atoms with van der Waals surface area (Å²) < 4.78 is 0. The topological polar surface area (TPSA) is 54.0 Å². The van der Waals surface area contributed by atoms with Gasteiger partial charge in [0, 0.05) is 25.5 Å². The van der Waals surface area contributed by atoms with E-state index in [1.165, 1.54) is 12.2 Å². The van der Waals surface area contributed by atoms with Crippen LogP contribution in [0.15, 0.2) is 18.5 Å². The summed E-state index contributed by atoms with van der Waals surface area (Å²) in [6, 6.07) is 1.84. The van der Waals surface area contributed by atoms with E-state index >= 15 is 0 Å². The molecular weight excluding hydrogens is 246 g/mol. The lowest BCUT2D eigenvalue weighted by Gasteiger charge is -2.12. The molecule has 4 nitrogen and oxygen atoms in total. The van der Waals surface area contributed by atoms with Gasteiger partial charge in [0.1, 0.15) is 0 Å². The molecule has 2 rings (SSSR count). The molecule has 98 valence electrons. The molecule has 1 aliphatic heterocycles. The molecule has 0 bridgehead atoms. The van der Waals surface area contributed by atoms with Crippen LogP contribution in [-0.4, -0.2) is 35.5 Å². The first-order valence-corrected chi connectivity index (χ1v) is 7.50. The number of aromatic nitrogens is 1. The SMILES string of the molecule is CCNc1ccncc1C(=O)NCC1CCSC1. The molecule has 2 N–H and O–H groups in total. The minimum absolute atomic E-state index is 0.0315. The van der Waals surface area contributed by atoms with Gasteiger partial charge in [-0.1, -0.05) is 0 Å². The van der Waals surface area contributed by atoms with E-state index in [0.29, 0.717) is 11.5 Å². The second-order valence-corrected chi connectivity index (χ2v) is 5.54. The van der Waals surface area contributed by atoms with Crippen LogP contribution < -0.4 is 10.6 Å². The van der Waals surface area contributed by atoms with Gasteiger partial charge in [-0.2, -0.15) is 11.8 Å². The zero-order chi connectivity index (χ0) is 12.8. The number of rotatable bonds is 5. The van der Waals surface area contributed by atoms with Crippen LogP contribution in [0.4, 0.5) is 5.69 Å². The van der Waals surface area contributed by atoms with Crippen molar-refractivity contribution in [1.82, 2.24) is 10.3 Å². The smallest absolute Gasteiger partial charge is 0.254 e. The third-order valence-electron chi connectivity index (χ3n) is 3.01. The number of nitrogens with one attached hydrogen (secondary N) is 2. The fourth-order valence-corrected chi connectivity index (χ4v) is 3.28. The minimum Gasteiger partial charge on any atom is -0.385 e. The number of pyridine rings is 1. The molecule has 0 aromatic carbocycles. The van der Waals surface area contributed by atoms with Crippen LogP contribution in [0.2, 0.25) is 0 Å². The zero-order valence-electron chi connectivity index (χ0n) is 10.6. The predicted molar refractivity (Wildman–Crippen MR) is 76.2 cm³/mol. The number of hydrogen-bond donors (Lipinski definition) is 2. The highest BCUT2D eigenvalue weighted by atomic mass is 32.2. The number of carbonyl (C=O) groups excluding carboxylic acids is 1. The number of carbonyl (C=O) groups is 1. The molecule has 1 saturated heterocycles. The van der Waals surface area contributed by atoms with Crippen molar-refractivity contribution in [2.45, 2.75) is 13.3 Å². The Kier molecular flexibility index (Phi) is 4.87. The Bertz CT molecular complexity index is 405. The van der Waals surface area contributed by atoms with Crippen LogP contribution in [0.1, 0.15) is 23.7 Å². The number of hydrogen-bond acceptors (Lipinski definition) is 4. The van der Waals surface area contributed by atoms with Gasteiger partial charge in [0.2, 0.25) is 0 Å². The first-order valence-electron chi connectivity index (χ1n) is 6.35. The molecule has 1 fully saturated rings. The van der Waals surface area contributed by atoms with Crippen molar-refractivity contribution >= 4 is 23.4 Å². The Balaban J connectivity index is 1.94. The number of thioether (sulfide) groups is 1. The van der Waals surface area contributed by atoms with E-state index < -0.39 is 0 Å². The van der Waals surface area contributed by atoms with E-state index in [-0.39, 0.29) is 5.91 Å². The Morgan fingerprint density at radius 3 is 3.22 bits per heavy atom. The van der Waals surface area contributed by atoms with Crippen molar-refractivity contribution in [3.05, 3.63) is 24.0 Å². The normalized spacial score (nSPS) is 18.6. The van der Waals surface area contributed by atoms with Gasteiger partial charge in [-0.25, -0.2) is 0 Å². The van der Waals surface area contributed by atoms with Crippen molar-refractivity contribution in [3.63, 3.8) is 0 Å². The fraction of sp³-hybridized carbons (Fsp3) is 0.538. The molecular formula is C13H19N3OS. The second-order valence-electron chi connectivity index (χ2n) is 4.39. The summed E-state index contributed by atoms with van der Waals surface area (Å²) in [6.07, 6.45) is 4.52. The van der Waals surface area contributed by atoms with Crippen LogP contribution in [0.5, 0.6) is 0 Å². The molecule has 2 heterocycles. The summed E-state index contributed by atoms with van der Waals surface area (Å²) in [5.41, 5.74) is 1.48. The van der Waals surface area contributed by atoms with Crippen molar-refractivity contribution < 1.29 is 4.79 Å². The maximum absolute atomic E-state index is 12.1. The fourth-order valence-electron chi connectivity index (χ4n) is 2.00. The van der Waals surface area contributed by atoms with Crippen molar-refractivity contribution in [3.8, 4) is 0 Å². The first kappa shape index (κ1) is 13.2. The van der Waals surface area contributed by atoms with Crippen molar-refractivity contribution in [2.24, 2.45) is 5.92 Å². The molecule has 1 atom stereocenters. The van der Waals surface area contributed by atoms with Crippen LogP contribution in [0, 0.1) is 5.92 Å². The molecule has 1 amide bonds. The Labute approximate surface area is 112 Å². The largest absolute Gasteiger partial charge is 0.385 e. The van der Waals surface area contributed by atoms with E-state index in [4.69, 9.17) is 0 Å². The van der Waals surface area contributed by atoms with Gasteiger partial charge in [-0.3, -0.25) is 9.78 Å². The monoisotopic (exact) mass is 265 g/mol. The maximum Gasteiger partial charge on any atom is 0.254 e. The molecule has 0 radical (unpaired) electrons. The first-order chi connectivity index (χ1) is 8.81. The molecule has 1 aromatic heterocycles. The third-order valence-corrected chi connectivity index (χ3v) is 4.24. The van der Waals surface area contributed by atoms with Crippen LogP contribution in [0.25, 0.3) is 0 Å². The van der Waals surface area contributed by atoms with Gasteiger partial charge in [0.05, 0.1) is 11.3 Å². The zero-order valence-corrected chi connectivity index (χ0v) is 11.4. The molecule has 18 heavy (non-hydrogen) atoms. The highest BCUT2D eigenvalue weighted by Gasteiger charge is 2.17. The van der Waals surface area contributed by atoms with Crippen LogP contribution in [0.3, 0.4) is 0 Å². The standard InChI is InChI=1S/C13H19N3OS/c1-2-15-12-3-5-14-8-11(12)13(17)16-7-10-4-6-18-9-10/h3,5,8,10H,2,4,6-7,9H2,1H3,(H,14,15)(H,16,17). The molecule has 0 spiro atoms. The number of amides is 1. The van der Waals surface area contributed by atoms with Gasteiger partial charge >= 0.3 is 0 Å². The van der Waals surface area contributed by atoms with E-state index in [1.54, 1.807) is 12.4 Å². The number of anilines is 1. The van der Waals surface area contributed by atoms with Gasteiger partial charge < -0.3 is 10.6 Å². The molecule has 1 unspecified atom stereocenters. The maximum atomic E-state index is 12.1. The molecule has 0 aliphatic carbocycles. The Morgan fingerprint density at radius 2 is 2.50 bits per heavy atom. The van der Waals surface area contributed by atoms with Crippen LogP contribution in [-0.2, 0) is 0 Å². The molecule has 1 aromatic rings. The Morgan fingerprint density at radius 1 is 1.61 bits per heavy atom. The van der Waals surface area contributed by atoms with E-state index in [1.807, 2.05) is 24.8 Å². The summed E-state index contributed by atoms with van der Waals surface area (Å²) in [5, 5.41) is 6.19. The summed E-state index contributed by atoms with van der Waals surface area (Å²) >= 11 is 1.96. The summed E-state index contributed by atoms with van der Waals surface area (Å²) in [5.74, 6) is 2.97. The van der Waals surface area contributed by atoms with E-state index in [2.05, 4.69) is 15.6 Å². The lowest BCUT2D eigenvalue weighted by Crippen LogP contribution is -2.30. The minimum atomic E-state index is -0.0315. The quantitative estimate of drug-likeness (QED) is 0.855. The van der Waals surface area contributed by atoms with Crippen molar-refractivity contribution in [1.29, 1.82) is 0 Å². The summed E-state index contributed by atoms with van der Waals surface area (Å²) in [4.78, 5) is 16.1. The van der Waals surface area contributed by atoms with Crippen molar-refractivity contribution in [2.75, 3.05) is 29.9 Å². The lowest BCUT2D eigenvalue weighted by atomic mass is 10.1. The van der Waals surface area contributed by atoms with Gasteiger partial charge in [-0.15, -0.1) is 0 Å². The second kappa shape index (κ2) is 6.64. The molecule has 0 saturated carbocycles. The average molecular weight is 265 g/mol. The van der Waals surface area contributed by atoms with E-state index in [0.717, 1.165) is 24.5 Å². The Hall–Kier alpha value is -1.23. The van der Waals surface area contributed by atoms with E-state index in [9.17, 15) is 4.79 Å². The average Bonchev–Trinajstić information content (AvgIpc) is 2.90. The molecule has 1 aliphatic rings. The summed E-state index contributed by atoms with van der Waals surface area (Å²) in [7, 11) is 0. The molecule has 5 heteroatoms. The van der Waals surface area contributed by atoms with Crippen LogP contribution >= 0.6 is 11.8 Å². The highest BCUT2D eigenvalue weighted by Crippen LogP contribution is 2.22.